The Labute approximate surface area is 101 Å². The summed E-state index contributed by atoms with van der Waals surface area (Å²) in [4.78, 5) is 0. The van der Waals surface area contributed by atoms with E-state index >= 15 is 0 Å². The number of hydrogen-bond acceptors (Lipinski definition) is 2. The Hall–Kier alpha value is -2.27. The van der Waals surface area contributed by atoms with Crippen molar-refractivity contribution in [1.29, 1.82) is 5.26 Å². The molecule has 0 aliphatic carbocycles. The number of nitrogens with zero attached hydrogens (tertiary/aromatic N) is 1. The Bertz CT molecular complexity index is 538. The minimum atomic E-state index is 0.467. The lowest BCUT2D eigenvalue weighted by Gasteiger charge is -2.06. The van der Waals surface area contributed by atoms with E-state index in [2.05, 4.69) is 6.07 Å². The van der Waals surface area contributed by atoms with E-state index in [0.717, 1.165) is 11.3 Å². The highest BCUT2D eigenvalue weighted by Gasteiger charge is 1.97. The van der Waals surface area contributed by atoms with Crippen LogP contribution in [0.2, 0.25) is 0 Å². The van der Waals surface area contributed by atoms with E-state index in [9.17, 15) is 0 Å². The lowest BCUT2D eigenvalue weighted by Crippen LogP contribution is -1.95. The van der Waals surface area contributed by atoms with Gasteiger partial charge in [0.2, 0.25) is 0 Å². The first-order valence-electron chi connectivity index (χ1n) is 5.25. The van der Waals surface area contributed by atoms with E-state index in [1.807, 2.05) is 30.3 Å². The molecular weight excluding hydrogens is 210 g/mol. The summed E-state index contributed by atoms with van der Waals surface area (Å²) < 4.78 is 5.58. The summed E-state index contributed by atoms with van der Waals surface area (Å²) in [5, 5.41) is 8.67. The number of nitriles is 1. The van der Waals surface area contributed by atoms with Crippen LogP contribution in [0.15, 0.2) is 48.5 Å². The first-order valence-corrected chi connectivity index (χ1v) is 5.25. The van der Waals surface area contributed by atoms with Crippen molar-refractivity contribution in [3.8, 4) is 11.8 Å². The van der Waals surface area contributed by atoms with Gasteiger partial charge in [-0.1, -0.05) is 24.3 Å². The second-order valence-electron chi connectivity index (χ2n) is 3.67. The molecule has 0 saturated heterocycles. The molecule has 2 aromatic carbocycles. The molecule has 2 heteroatoms. The van der Waals surface area contributed by atoms with E-state index in [-0.39, 0.29) is 0 Å². The highest BCUT2D eigenvalue weighted by molar-refractivity contribution is 5.32. The molecule has 0 aliphatic rings. The van der Waals surface area contributed by atoms with Crippen molar-refractivity contribution >= 4 is 0 Å². The van der Waals surface area contributed by atoms with E-state index in [4.69, 9.17) is 16.9 Å². The molecule has 0 atom stereocenters. The Morgan fingerprint density at radius 1 is 1.12 bits per heavy atom. The molecule has 0 unspecified atom stereocenters. The summed E-state index contributed by atoms with van der Waals surface area (Å²) in [6.07, 6.45) is 0. The van der Waals surface area contributed by atoms with Crippen LogP contribution in [0.3, 0.4) is 0 Å². The van der Waals surface area contributed by atoms with Crippen molar-refractivity contribution in [3.05, 3.63) is 72.1 Å². The largest absolute Gasteiger partial charge is 0.489 e. The molecule has 2 aromatic rings. The van der Waals surface area contributed by atoms with Gasteiger partial charge in [0.1, 0.15) is 12.4 Å². The van der Waals surface area contributed by atoms with Gasteiger partial charge in [0.25, 0.3) is 0 Å². The number of benzene rings is 2. The Morgan fingerprint density at radius 3 is 2.53 bits per heavy atom. The summed E-state index contributed by atoms with van der Waals surface area (Å²) >= 11 is 0. The van der Waals surface area contributed by atoms with Crippen LogP contribution in [-0.4, -0.2) is 0 Å². The maximum Gasteiger partial charge on any atom is 0.120 e. The van der Waals surface area contributed by atoms with E-state index in [1.54, 1.807) is 18.2 Å². The van der Waals surface area contributed by atoms with Crippen LogP contribution in [-0.2, 0) is 6.61 Å². The van der Waals surface area contributed by atoms with Gasteiger partial charge in [-0.15, -0.1) is 0 Å². The summed E-state index contributed by atoms with van der Waals surface area (Å²) in [5.41, 5.74) is 2.35. The van der Waals surface area contributed by atoms with E-state index in [1.165, 1.54) is 0 Å². The van der Waals surface area contributed by atoms with Gasteiger partial charge in [-0.25, -0.2) is 0 Å². The van der Waals surface area contributed by atoms with Crippen molar-refractivity contribution in [3.63, 3.8) is 0 Å². The molecule has 0 fully saturated rings. The zero-order valence-electron chi connectivity index (χ0n) is 9.26. The molecule has 0 saturated carbocycles. The van der Waals surface area contributed by atoms with Crippen molar-refractivity contribution in [2.45, 2.75) is 6.61 Å². The normalized spacial score (nSPS) is 9.65. The predicted molar refractivity (Wildman–Crippen MR) is 65.3 cm³/mol. The van der Waals surface area contributed by atoms with Crippen molar-refractivity contribution in [2.24, 2.45) is 0 Å². The average molecular weight is 221 g/mol. The van der Waals surface area contributed by atoms with Gasteiger partial charge in [-0.05, 0) is 42.3 Å². The van der Waals surface area contributed by atoms with Crippen LogP contribution in [0.25, 0.3) is 0 Å². The van der Waals surface area contributed by atoms with Crippen LogP contribution < -0.4 is 4.74 Å². The molecule has 0 heterocycles. The highest BCUT2D eigenvalue weighted by atomic mass is 16.5. The summed E-state index contributed by atoms with van der Waals surface area (Å²) in [6, 6.07) is 16.7. The molecule has 0 N–H and O–H groups in total. The first kappa shape index (κ1) is 11.2. The molecule has 82 valence electrons. The highest BCUT2D eigenvalue weighted by Crippen LogP contribution is 2.14. The Kier molecular flexibility index (Phi) is 3.42. The summed E-state index contributed by atoms with van der Waals surface area (Å²) in [6.45, 7) is 6.12. The zero-order valence-corrected chi connectivity index (χ0v) is 9.26. The SMILES string of the molecule is [CH]c1cccc(OCc2ccc(C#N)cc2)c1. The molecule has 2 nitrogen and oxygen atoms in total. The monoisotopic (exact) mass is 221 g/mol. The van der Waals surface area contributed by atoms with Gasteiger partial charge < -0.3 is 4.74 Å². The molecular formula is C15H11NO. The fraction of sp³-hybridized carbons (Fsp3) is 0.0667. The molecule has 2 radical (unpaired) electrons. The van der Waals surface area contributed by atoms with Crippen LogP contribution >= 0.6 is 0 Å². The molecule has 17 heavy (non-hydrogen) atoms. The van der Waals surface area contributed by atoms with Gasteiger partial charge in [-0.3, -0.25) is 0 Å². The van der Waals surface area contributed by atoms with Gasteiger partial charge in [0.15, 0.2) is 0 Å². The minimum absolute atomic E-state index is 0.467. The molecule has 2 rings (SSSR count). The minimum Gasteiger partial charge on any atom is -0.489 e. The topological polar surface area (TPSA) is 33.0 Å². The summed E-state index contributed by atoms with van der Waals surface area (Å²) in [5.74, 6) is 0.745. The maximum absolute atomic E-state index is 8.67. The molecule has 0 aliphatic heterocycles. The quantitative estimate of drug-likeness (QED) is 0.797. The first-order chi connectivity index (χ1) is 8.28. The predicted octanol–water partition coefficient (Wildman–Crippen LogP) is 3.20. The Balaban J connectivity index is 2.00. The molecule has 0 amide bonds. The Morgan fingerprint density at radius 2 is 1.88 bits per heavy atom. The zero-order chi connectivity index (χ0) is 12.1. The molecule has 0 bridgehead atoms. The van der Waals surface area contributed by atoms with Gasteiger partial charge in [-0.2, -0.15) is 5.26 Å². The fourth-order valence-electron chi connectivity index (χ4n) is 1.45. The second-order valence-corrected chi connectivity index (χ2v) is 3.67. The average Bonchev–Trinajstić information content (AvgIpc) is 2.37. The second kappa shape index (κ2) is 5.18. The molecule has 0 spiro atoms. The fourth-order valence-corrected chi connectivity index (χ4v) is 1.45. The third-order valence-corrected chi connectivity index (χ3v) is 2.35. The number of hydrogen-bond donors (Lipinski definition) is 0. The van der Waals surface area contributed by atoms with Gasteiger partial charge >= 0.3 is 0 Å². The number of rotatable bonds is 3. The number of ether oxygens (including phenoxy) is 1. The van der Waals surface area contributed by atoms with Crippen molar-refractivity contribution in [1.82, 2.24) is 0 Å². The van der Waals surface area contributed by atoms with E-state index in [0.29, 0.717) is 17.7 Å². The van der Waals surface area contributed by atoms with Gasteiger partial charge in [0, 0.05) is 0 Å². The molecule has 0 aromatic heterocycles. The smallest absolute Gasteiger partial charge is 0.120 e. The van der Waals surface area contributed by atoms with Crippen molar-refractivity contribution in [2.75, 3.05) is 0 Å². The lowest BCUT2D eigenvalue weighted by atomic mass is 10.1. The van der Waals surface area contributed by atoms with Crippen LogP contribution in [0.4, 0.5) is 0 Å². The maximum atomic E-state index is 8.67. The van der Waals surface area contributed by atoms with E-state index < -0.39 is 0 Å². The summed E-state index contributed by atoms with van der Waals surface area (Å²) in [7, 11) is 0. The van der Waals surface area contributed by atoms with Crippen molar-refractivity contribution < 1.29 is 4.74 Å². The van der Waals surface area contributed by atoms with Gasteiger partial charge in [0.05, 0.1) is 11.6 Å². The standard InChI is InChI=1S/C15H11NO/c1-12-3-2-4-15(9-12)17-11-14-7-5-13(10-16)6-8-14/h1-9H,11H2. The lowest BCUT2D eigenvalue weighted by molar-refractivity contribution is 0.306. The third-order valence-electron chi connectivity index (χ3n) is 2.35. The van der Waals surface area contributed by atoms with Crippen LogP contribution in [0, 0.1) is 18.3 Å². The third kappa shape index (κ3) is 3.09. The van der Waals surface area contributed by atoms with Crippen LogP contribution in [0.5, 0.6) is 5.75 Å². The van der Waals surface area contributed by atoms with Crippen LogP contribution in [0.1, 0.15) is 16.7 Å².